The van der Waals surface area contributed by atoms with Crippen LogP contribution in [0.2, 0.25) is 0 Å². The Bertz CT molecular complexity index is 864. The van der Waals surface area contributed by atoms with Crippen molar-refractivity contribution in [2.75, 3.05) is 6.61 Å². The lowest BCUT2D eigenvalue weighted by Gasteiger charge is -2.64. The van der Waals surface area contributed by atoms with Gasteiger partial charge in [-0.05, 0) is 43.3 Å². The van der Waals surface area contributed by atoms with Crippen LogP contribution >= 0.6 is 0 Å². The van der Waals surface area contributed by atoms with E-state index in [4.69, 9.17) is 4.74 Å². The smallest absolute Gasteiger partial charge is 0.306 e. The molecule has 8 heteroatoms. The number of ketones is 1. The number of fused-ring (bicyclic) bond motifs is 3. The molecular weight excluding hydrogens is 428 g/mol. The third kappa shape index (κ3) is 3.28. The van der Waals surface area contributed by atoms with Gasteiger partial charge in [0.05, 0.1) is 35.4 Å². The summed E-state index contributed by atoms with van der Waals surface area (Å²) < 4.78 is 5.68. The second-order valence-corrected chi connectivity index (χ2v) is 11.3. The highest BCUT2D eigenvalue weighted by molar-refractivity contribution is 5.95. The maximum absolute atomic E-state index is 14.3. The molecule has 33 heavy (non-hydrogen) atoms. The maximum Gasteiger partial charge on any atom is 0.306 e. The predicted molar refractivity (Wildman–Crippen MR) is 120 cm³/mol. The molecule has 3 rings (SSSR count). The third-order valence-electron chi connectivity index (χ3n) is 9.57. The molecule has 8 nitrogen and oxygen atoms in total. The van der Waals surface area contributed by atoms with E-state index in [1.807, 2.05) is 0 Å². The van der Waals surface area contributed by atoms with E-state index in [0.29, 0.717) is 11.1 Å². The topological polar surface area (TPSA) is 145 Å². The predicted octanol–water partition coefficient (Wildman–Crippen LogP) is 1.11. The van der Waals surface area contributed by atoms with Gasteiger partial charge >= 0.3 is 5.97 Å². The summed E-state index contributed by atoms with van der Waals surface area (Å²) in [7, 11) is 0. The van der Waals surface area contributed by atoms with E-state index in [9.17, 15) is 35.1 Å². The molecule has 0 saturated heterocycles. The first-order valence-electron chi connectivity index (χ1n) is 11.9. The van der Waals surface area contributed by atoms with Crippen LogP contribution in [-0.4, -0.2) is 73.4 Å². The Labute approximate surface area is 195 Å². The molecule has 0 aromatic heterocycles. The van der Waals surface area contributed by atoms with Crippen molar-refractivity contribution in [1.82, 2.24) is 0 Å². The van der Waals surface area contributed by atoms with Crippen molar-refractivity contribution in [3.05, 3.63) is 11.1 Å². The van der Waals surface area contributed by atoms with Crippen LogP contribution in [0.15, 0.2) is 11.1 Å². The van der Waals surface area contributed by atoms with Gasteiger partial charge in [-0.2, -0.15) is 0 Å². The first-order chi connectivity index (χ1) is 15.0. The van der Waals surface area contributed by atoms with Gasteiger partial charge < -0.3 is 30.3 Å². The van der Waals surface area contributed by atoms with Gasteiger partial charge in [-0.15, -0.1) is 0 Å². The Kier molecular flexibility index (Phi) is 6.47. The fourth-order valence-corrected chi connectivity index (χ4v) is 7.26. The van der Waals surface area contributed by atoms with Crippen LogP contribution in [0.25, 0.3) is 0 Å². The standard InChI is InChI=1S/C25H40O8/c1-8-17(29)33-19-18-13(3)15(27)10-25(32,22(18,5)6)14(4)20-23(7,21(19)30)16(28)9-12(2)24(20,31)11-26/h12,14-16,19-20,26-28,31-32H,8-11H2,1-7H3/t12-,14?,15?,16?,19?,20?,23-,24?,25?/m1/s1. The van der Waals surface area contributed by atoms with Gasteiger partial charge in [0.25, 0.3) is 0 Å². The Morgan fingerprint density at radius 2 is 1.73 bits per heavy atom. The van der Waals surface area contributed by atoms with Crippen LogP contribution in [0.1, 0.15) is 67.7 Å². The second kappa shape index (κ2) is 8.12. The molecule has 0 aliphatic heterocycles. The average Bonchev–Trinajstić information content (AvgIpc) is 2.74. The van der Waals surface area contributed by atoms with Gasteiger partial charge in [-0.25, -0.2) is 0 Å². The minimum absolute atomic E-state index is 0.0140. The van der Waals surface area contributed by atoms with E-state index in [1.165, 1.54) is 6.92 Å². The molecule has 0 radical (unpaired) electrons. The minimum atomic E-state index is -1.78. The number of hydrogen-bond acceptors (Lipinski definition) is 8. The summed E-state index contributed by atoms with van der Waals surface area (Å²) in [5.74, 6) is -3.67. The maximum atomic E-state index is 14.3. The molecule has 3 aliphatic rings. The molecule has 9 atom stereocenters. The molecule has 2 fully saturated rings. The van der Waals surface area contributed by atoms with Crippen molar-refractivity contribution in [2.24, 2.45) is 28.6 Å². The number of hydrogen-bond donors (Lipinski definition) is 5. The van der Waals surface area contributed by atoms with Crippen molar-refractivity contribution < 1.29 is 39.9 Å². The SMILES string of the molecule is CCC(=O)OC1C(=O)[C@]2(C)C(O)C[C@@H](C)C(O)(CO)C2C(C)C2(O)CC(O)C(C)=C1C2(C)C. The fourth-order valence-electron chi connectivity index (χ4n) is 7.26. The highest BCUT2D eigenvalue weighted by Crippen LogP contribution is 2.63. The summed E-state index contributed by atoms with van der Waals surface area (Å²) in [6, 6.07) is 0. The van der Waals surface area contributed by atoms with Crippen LogP contribution in [0.3, 0.4) is 0 Å². The number of Topliss-reactive ketones (excluding diaryl/α,β-unsaturated/α-hetero) is 1. The molecular formula is C25H40O8. The minimum Gasteiger partial charge on any atom is -0.450 e. The Morgan fingerprint density at radius 1 is 1.15 bits per heavy atom. The Balaban J connectivity index is 2.42. The largest absolute Gasteiger partial charge is 0.450 e. The molecule has 0 spiro atoms. The zero-order chi connectivity index (χ0) is 25.3. The monoisotopic (exact) mass is 468 g/mol. The number of aliphatic hydroxyl groups is 5. The second-order valence-electron chi connectivity index (χ2n) is 11.3. The van der Waals surface area contributed by atoms with Crippen LogP contribution in [-0.2, 0) is 14.3 Å². The third-order valence-corrected chi connectivity index (χ3v) is 9.57. The zero-order valence-corrected chi connectivity index (χ0v) is 20.8. The lowest BCUT2D eigenvalue weighted by atomic mass is 9.42. The highest BCUT2D eigenvalue weighted by atomic mass is 16.5. The van der Waals surface area contributed by atoms with Gasteiger partial charge in [-0.3, -0.25) is 9.59 Å². The molecule has 0 aromatic carbocycles. The van der Waals surface area contributed by atoms with Gasteiger partial charge in [0, 0.05) is 24.2 Å². The van der Waals surface area contributed by atoms with Gasteiger partial charge in [0.1, 0.15) is 0 Å². The lowest BCUT2D eigenvalue weighted by Crippen LogP contribution is -2.74. The van der Waals surface area contributed by atoms with Crippen molar-refractivity contribution in [3.8, 4) is 0 Å². The summed E-state index contributed by atoms with van der Waals surface area (Å²) in [6.07, 6.45) is -3.72. The summed E-state index contributed by atoms with van der Waals surface area (Å²) in [6.45, 7) is 11.0. The Morgan fingerprint density at radius 3 is 2.24 bits per heavy atom. The van der Waals surface area contributed by atoms with Crippen LogP contribution < -0.4 is 0 Å². The molecule has 2 saturated carbocycles. The van der Waals surface area contributed by atoms with Crippen LogP contribution in [0.4, 0.5) is 0 Å². The molecule has 7 unspecified atom stereocenters. The van der Waals surface area contributed by atoms with Gasteiger partial charge in [0.2, 0.25) is 0 Å². The van der Waals surface area contributed by atoms with Crippen LogP contribution in [0.5, 0.6) is 0 Å². The van der Waals surface area contributed by atoms with E-state index >= 15 is 0 Å². The summed E-state index contributed by atoms with van der Waals surface area (Å²) in [5.41, 5.74) is -5.37. The van der Waals surface area contributed by atoms with Crippen molar-refractivity contribution in [3.63, 3.8) is 0 Å². The number of aliphatic hydroxyl groups excluding tert-OH is 3. The molecule has 0 amide bonds. The molecule has 3 aliphatic carbocycles. The van der Waals surface area contributed by atoms with Crippen molar-refractivity contribution >= 4 is 11.8 Å². The van der Waals surface area contributed by atoms with Crippen molar-refractivity contribution in [1.29, 1.82) is 0 Å². The van der Waals surface area contributed by atoms with E-state index in [2.05, 4.69) is 0 Å². The molecule has 2 bridgehead atoms. The molecule has 0 aromatic rings. The van der Waals surface area contributed by atoms with Crippen LogP contribution in [0, 0.1) is 28.6 Å². The Hall–Kier alpha value is -1.32. The number of carbonyl (C=O) groups is 2. The normalized spacial score (nSPS) is 47.5. The summed E-state index contributed by atoms with van der Waals surface area (Å²) in [4.78, 5) is 26.7. The summed E-state index contributed by atoms with van der Waals surface area (Å²) >= 11 is 0. The van der Waals surface area contributed by atoms with E-state index in [1.54, 1.807) is 41.5 Å². The number of carbonyl (C=O) groups excluding carboxylic acids is 2. The molecule has 5 N–H and O–H groups in total. The zero-order valence-electron chi connectivity index (χ0n) is 20.8. The number of ether oxygens (including phenoxy) is 1. The first-order valence-corrected chi connectivity index (χ1v) is 11.9. The summed E-state index contributed by atoms with van der Waals surface area (Å²) in [5, 5.41) is 56.5. The fraction of sp³-hybridized carbons (Fsp3) is 0.840. The molecule has 0 heterocycles. The van der Waals surface area contributed by atoms with E-state index in [0.717, 1.165) is 0 Å². The number of esters is 1. The lowest BCUT2D eigenvalue weighted by molar-refractivity contribution is -0.256. The quantitative estimate of drug-likeness (QED) is 0.306. The average molecular weight is 469 g/mol. The van der Waals surface area contributed by atoms with E-state index in [-0.39, 0.29) is 19.3 Å². The van der Waals surface area contributed by atoms with E-state index < -0.39 is 76.5 Å². The van der Waals surface area contributed by atoms with Gasteiger partial charge in [0.15, 0.2) is 11.9 Å². The molecule has 188 valence electrons. The van der Waals surface area contributed by atoms with Crippen molar-refractivity contribution in [2.45, 2.75) is 97.2 Å². The number of rotatable bonds is 3. The highest BCUT2D eigenvalue weighted by Gasteiger charge is 2.71. The first kappa shape index (κ1) is 26.3. The van der Waals surface area contributed by atoms with Gasteiger partial charge in [-0.1, -0.05) is 34.6 Å².